The summed E-state index contributed by atoms with van der Waals surface area (Å²) in [4.78, 5) is 10.5. The topological polar surface area (TPSA) is 58.5 Å². The molecule has 0 aliphatic carbocycles. The second kappa shape index (κ2) is 8.80. The molecular weight excluding hydrogens is 314 g/mol. The van der Waals surface area contributed by atoms with Crippen LogP contribution in [0.2, 0.25) is 0 Å². The van der Waals surface area contributed by atoms with E-state index in [0.717, 1.165) is 17.1 Å². The predicted octanol–water partition coefficient (Wildman–Crippen LogP) is 2.92. The number of para-hydroxylation sites is 1. The third-order valence-corrected chi connectivity index (χ3v) is 3.71. The summed E-state index contributed by atoms with van der Waals surface area (Å²) in [6, 6.07) is 19.2. The first-order valence-electron chi connectivity index (χ1n) is 8.22. The highest BCUT2D eigenvalue weighted by molar-refractivity contribution is 5.39. The van der Waals surface area contributed by atoms with Gasteiger partial charge in [-0.05, 0) is 42.0 Å². The largest absolute Gasteiger partial charge is 0.491 e. The van der Waals surface area contributed by atoms with E-state index in [2.05, 4.69) is 9.97 Å². The van der Waals surface area contributed by atoms with Crippen LogP contribution in [-0.4, -0.2) is 34.3 Å². The van der Waals surface area contributed by atoms with Gasteiger partial charge >= 0.3 is 0 Å². The fourth-order valence-electron chi connectivity index (χ4n) is 2.50. The van der Waals surface area contributed by atoms with Crippen LogP contribution in [-0.2, 0) is 6.54 Å². The van der Waals surface area contributed by atoms with Crippen molar-refractivity contribution >= 4 is 5.82 Å². The molecule has 5 nitrogen and oxygen atoms in total. The van der Waals surface area contributed by atoms with E-state index in [4.69, 9.17) is 4.74 Å². The van der Waals surface area contributed by atoms with Crippen molar-refractivity contribution in [3.05, 3.63) is 84.8 Å². The van der Waals surface area contributed by atoms with Crippen LogP contribution in [0.15, 0.2) is 79.3 Å². The molecule has 0 spiro atoms. The van der Waals surface area contributed by atoms with Crippen LogP contribution in [0.3, 0.4) is 0 Å². The molecule has 0 fully saturated rings. The number of rotatable bonds is 8. The lowest BCUT2D eigenvalue weighted by atomic mass is 10.2. The van der Waals surface area contributed by atoms with Gasteiger partial charge in [0.05, 0.1) is 0 Å². The first kappa shape index (κ1) is 16.9. The Bertz CT molecular complexity index is 739. The third-order valence-electron chi connectivity index (χ3n) is 3.71. The van der Waals surface area contributed by atoms with Crippen LogP contribution in [0.5, 0.6) is 5.75 Å². The molecule has 25 heavy (non-hydrogen) atoms. The highest BCUT2D eigenvalue weighted by atomic mass is 16.5. The van der Waals surface area contributed by atoms with Crippen LogP contribution in [0.4, 0.5) is 5.82 Å². The highest BCUT2D eigenvalue weighted by Crippen LogP contribution is 2.15. The van der Waals surface area contributed by atoms with E-state index < -0.39 is 6.10 Å². The quantitative estimate of drug-likeness (QED) is 0.686. The standard InChI is InChI=1S/C20H21N3O2/c24-18(16-25-19-6-2-1-3-7-19)15-23(20-8-4-5-11-22-20)14-17-9-12-21-13-10-17/h1-13,18,24H,14-16H2. The third kappa shape index (κ3) is 5.29. The van der Waals surface area contributed by atoms with Crippen molar-refractivity contribution in [3.63, 3.8) is 0 Å². The van der Waals surface area contributed by atoms with Crippen LogP contribution in [0.1, 0.15) is 5.56 Å². The molecule has 0 radical (unpaired) electrons. The first-order chi connectivity index (χ1) is 12.3. The van der Waals surface area contributed by atoms with E-state index in [-0.39, 0.29) is 6.61 Å². The molecule has 5 heteroatoms. The second-order valence-corrected chi connectivity index (χ2v) is 5.70. The van der Waals surface area contributed by atoms with Gasteiger partial charge in [0.15, 0.2) is 0 Å². The van der Waals surface area contributed by atoms with Gasteiger partial charge in [-0.3, -0.25) is 4.98 Å². The number of nitrogens with zero attached hydrogens (tertiary/aromatic N) is 3. The van der Waals surface area contributed by atoms with Gasteiger partial charge in [0.25, 0.3) is 0 Å². The summed E-state index contributed by atoms with van der Waals surface area (Å²) in [5.41, 5.74) is 1.11. The Hall–Kier alpha value is -2.92. The van der Waals surface area contributed by atoms with Crippen LogP contribution in [0.25, 0.3) is 0 Å². The number of aliphatic hydroxyl groups is 1. The molecule has 0 bridgehead atoms. The Kier molecular flexibility index (Phi) is 5.96. The lowest BCUT2D eigenvalue weighted by Crippen LogP contribution is -2.35. The molecule has 0 aliphatic rings. The average Bonchev–Trinajstić information content (AvgIpc) is 2.68. The van der Waals surface area contributed by atoms with E-state index in [1.165, 1.54) is 0 Å². The van der Waals surface area contributed by atoms with E-state index in [9.17, 15) is 5.11 Å². The number of benzene rings is 1. The monoisotopic (exact) mass is 335 g/mol. The number of hydrogen-bond acceptors (Lipinski definition) is 5. The second-order valence-electron chi connectivity index (χ2n) is 5.70. The molecule has 1 aromatic carbocycles. The SMILES string of the molecule is OC(COc1ccccc1)CN(Cc1ccncc1)c1ccccn1. The Morgan fingerprint density at radius 2 is 1.68 bits per heavy atom. The first-order valence-corrected chi connectivity index (χ1v) is 8.22. The predicted molar refractivity (Wildman–Crippen MR) is 97.5 cm³/mol. The summed E-state index contributed by atoms with van der Waals surface area (Å²) in [6.07, 6.45) is 4.65. The smallest absolute Gasteiger partial charge is 0.128 e. The van der Waals surface area contributed by atoms with Gasteiger partial charge in [-0.2, -0.15) is 0 Å². The van der Waals surface area contributed by atoms with Crippen LogP contribution in [0, 0.1) is 0 Å². The molecular formula is C20H21N3O2. The van der Waals surface area contributed by atoms with Crippen molar-refractivity contribution in [1.29, 1.82) is 0 Å². The van der Waals surface area contributed by atoms with Crippen molar-refractivity contribution in [1.82, 2.24) is 9.97 Å². The van der Waals surface area contributed by atoms with Crippen molar-refractivity contribution in [3.8, 4) is 5.75 Å². The summed E-state index contributed by atoms with van der Waals surface area (Å²) < 4.78 is 5.65. The Balaban J connectivity index is 1.64. The number of pyridine rings is 2. The maximum absolute atomic E-state index is 10.4. The van der Waals surface area contributed by atoms with Crippen molar-refractivity contribution < 1.29 is 9.84 Å². The minimum atomic E-state index is -0.635. The fraction of sp³-hybridized carbons (Fsp3) is 0.200. The van der Waals surface area contributed by atoms with E-state index in [1.807, 2.05) is 65.6 Å². The molecule has 0 saturated carbocycles. The normalized spacial score (nSPS) is 11.7. The van der Waals surface area contributed by atoms with E-state index >= 15 is 0 Å². The Labute approximate surface area is 147 Å². The molecule has 128 valence electrons. The molecule has 2 heterocycles. The molecule has 3 aromatic rings. The highest BCUT2D eigenvalue weighted by Gasteiger charge is 2.15. The lowest BCUT2D eigenvalue weighted by molar-refractivity contribution is 0.112. The number of aromatic nitrogens is 2. The number of anilines is 1. The van der Waals surface area contributed by atoms with Gasteiger partial charge in [-0.1, -0.05) is 24.3 Å². The number of aliphatic hydroxyl groups excluding tert-OH is 1. The van der Waals surface area contributed by atoms with Gasteiger partial charge in [0, 0.05) is 31.7 Å². The molecule has 0 saturated heterocycles. The van der Waals surface area contributed by atoms with E-state index in [0.29, 0.717) is 13.1 Å². The van der Waals surface area contributed by atoms with Gasteiger partial charge in [-0.25, -0.2) is 4.98 Å². The van der Waals surface area contributed by atoms with Gasteiger partial charge in [0.2, 0.25) is 0 Å². The van der Waals surface area contributed by atoms with Crippen molar-refractivity contribution in [2.45, 2.75) is 12.6 Å². The summed E-state index contributed by atoms with van der Waals surface area (Å²) in [5.74, 6) is 1.57. The van der Waals surface area contributed by atoms with E-state index in [1.54, 1.807) is 18.6 Å². The fourth-order valence-corrected chi connectivity index (χ4v) is 2.50. The molecule has 1 unspecified atom stereocenters. The number of hydrogen-bond donors (Lipinski definition) is 1. The maximum Gasteiger partial charge on any atom is 0.128 e. The minimum Gasteiger partial charge on any atom is -0.491 e. The van der Waals surface area contributed by atoms with Crippen LogP contribution < -0.4 is 9.64 Å². The number of ether oxygens (including phenoxy) is 1. The van der Waals surface area contributed by atoms with Crippen molar-refractivity contribution in [2.24, 2.45) is 0 Å². The lowest BCUT2D eigenvalue weighted by Gasteiger charge is -2.26. The Morgan fingerprint density at radius 1 is 0.920 bits per heavy atom. The zero-order chi connectivity index (χ0) is 17.3. The molecule has 1 N–H and O–H groups in total. The molecule has 3 rings (SSSR count). The Morgan fingerprint density at radius 3 is 2.40 bits per heavy atom. The summed E-state index contributed by atoms with van der Waals surface area (Å²) in [7, 11) is 0. The molecule has 1 atom stereocenters. The van der Waals surface area contributed by atoms with Gasteiger partial charge in [0.1, 0.15) is 24.3 Å². The average molecular weight is 335 g/mol. The molecule has 2 aromatic heterocycles. The zero-order valence-electron chi connectivity index (χ0n) is 13.9. The summed E-state index contributed by atoms with van der Waals surface area (Å²) >= 11 is 0. The van der Waals surface area contributed by atoms with Crippen LogP contribution >= 0.6 is 0 Å². The zero-order valence-corrected chi connectivity index (χ0v) is 13.9. The summed E-state index contributed by atoms with van der Waals surface area (Å²) in [5, 5.41) is 10.4. The van der Waals surface area contributed by atoms with Gasteiger partial charge in [-0.15, -0.1) is 0 Å². The van der Waals surface area contributed by atoms with Crippen molar-refractivity contribution in [2.75, 3.05) is 18.1 Å². The summed E-state index contributed by atoms with van der Waals surface area (Å²) in [6.45, 7) is 1.29. The minimum absolute atomic E-state index is 0.226. The molecule has 0 aliphatic heterocycles. The van der Waals surface area contributed by atoms with Gasteiger partial charge < -0.3 is 14.7 Å². The molecule has 0 amide bonds. The maximum atomic E-state index is 10.4.